The summed E-state index contributed by atoms with van der Waals surface area (Å²) in [4.78, 5) is 0. The van der Waals surface area contributed by atoms with Crippen LogP contribution in [0.2, 0.25) is 0 Å². The molecule has 2 rings (SSSR count). The molecule has 0 saturated heterocycles. The first kappa shape index (κ1) is 10.5. The summed E-state index contributed by atoms with van der Waals surface area (Å²) >= 11 is 0. The molecule has 0 amide bonds. The molecule has 2 aromatic rings. The average molecular weight is 217 g/mol. The van der Waals surface area contributed by atoms with Crippen LogP contribution in [-0.2, 0) is 0 Å². The molecule has 16 heavy (non-hydrogen) atoms. The summed E-state index contributed by atoms with van der Waals surface area (Å²) in [6.45, 7) is 0. The van der Waals surface area contributed by atoms with E-state index < -0.39 is 5.82 Å². The van der Waals surface area contributed by atoms with E-state index in [1.807, 2.05) is 0 Å². The molecule has 0 heterocycles. The van der Waals surface area contributed by atoms with Crippen LogP contribution < -0.4 is 9.47 Å². The standard InChI is InChI=1S/C13H10FO2/c1-15-10-6-8-11(9-7-10)16-13-5-3-2-4-12(13)14/h2,4-9H,1H3. The minimum absolute atomic E-state index is 0.160. The Morgan fingerprint density at radius 2 is 1.75 bits per heavy atom. The van der Waals surface area contributed by atoms with Crippen molar-refractivity contribution in [2.75, 3.05) is 7.11 Å². The van der Waals surface area contributed by atoms with E-state index in [0.717, 1.165) is 5.75 Å². The zero-order valence-corrected chi connectivity index (χ0v) is 8.74. The summed E-state index contributed by atoms with van der Waals surface area (Å²) in [5, 5.41) is 0. The summed E-state index contributed by atoms with van der Waals surface area (Å²) in [7, 11) is 1.59. The van der Waals surface area contributed by atoms with Crippen molar-refractivity contribution in [3.05, 3.63) is 54.3 Å². The van der Waals surface area contributed by atoms with Gasteiger partial charge in [-0.05, 0) is 42.5 Å². The van der Waals surface area contributed by atoms with Gasteiger partial charge in [0.25, 0.3) is 0 Å². The molecule has 0 saturated carbocycles. The van der Waals surface area contributed by atoms with Crippen LogP contribution in [0.15, 0.2) is 42.5 Å². The lowest BCUT2D eigenvalue weighted by Gasteiger charge is -2.06. The van der Waals surface area contributed by atoms with Crippen molar-refractivity contribution in [3.63, 3.8) is 0 Å². The topological polar surface area (TPSA) is 18.5 Å². The van der Waals surface area contributed by atoms with Crippen molar-refractivity contribution in [1.82, 2.24) is 0 Å². The fourth-order valence-electron chi connectivity index (χ4n) is 1.25. The average Bonchev–Trinajstić information content (AvgIpc) is 2.33. The quantitative estimate of drug-likeness (QED) is 0.784. The smallest absolute Gasteiger partial charge is 0.165 e. The van der Waals surface area contributed by atoms with Gasteiger partial charge in [0.05, 0.1) is 7.11 Å². The SMILES string of the molecule is COc1ccc(Oc2c[c]ccc2F)cc1. The van der Waals surface area contributed by atoms with E-state index in [1.54, 1.807) is 31.4 Å². The fraction of sp³-hybridized carbons (Fsp3) is 0.0769. The largest absolute Gasteiger partial charge is 0.497 e. The summed E-state index contributed by atoms with van der Waals surface area (Å²) in [5.74, 6) is 1.04. The Labute approximate surface area is 93.2 Å². The van der Waals surface area contributed by atoms with E-state index in [1.165, 1.54) is 18.2 Å². The van der Waals surface area contributed by atoms with Gasteiger partial charge in [-0.25, -0.2) is 4.39 Å². The summed E-state index contributed by atoms with van der Waals surface area (Å²) in [5.41, 5.74) is 0. The number of ether oxygens (including phenoxy) is 2. The number of hydrogen-bond donors (Lipinski definition) is 0. The van der Waals surface area contributed by atoms with Gasteiger partial charge in [0.2, 0.25) is 0 Å². The van der Waals surface area contributed by atoms with Crippen LogP contribution in [0.4, 0.5) is 4.39 Å². The second-order valence-corrected chi connectivity index (χ2v) is 3.13. The molecule has 0 fully saturated rings. The molecule has 3 heteroatoms. The van der Waals surface area contributed by atoms with Gasteiger partial charge in [-0.1, -0.05) is 6.07 Å². The zero-order valence-electron chi connectivity index (χ0n) is 8.74. The molecule has 0 aliphatic rings. The Balaban J connectivity index is 2.18. The monoisotopic (exact) mass is 217 g/mol. The first-order valence-electron chi connectivity index (χ1n) is 4.77. The lowest BCUT2D eigenvalue weighted by atomic mass is 10.3. The highest BCUT2D eigenvalue weighted by molar-refractivity contribution is 5.35. The van der Waals surface area contributed by atoms with E-state index in [4.69, 9.17) is 9.47 Å². The van der Waals surface area contributed by atoms with E-state index in [0.29, 0.717) is 5.75 Å². The van der Waals surface area contributed by atoms with Crippen molar-refractivity contribution in [2.45, 2.75) is 0 Å². The van der Waals surface area contributed by atoms with Crippen molar-refractivity contribution in [2.24, 2.45) is 0 Å². The summed E-state index contributed by atoms with van der Waals surface area (Å²) < 4.78 is 23.6. The van der Waals surface area contributed by atoms with Crippen molar-refractivity contribution in [3.8, 4) is 17.2 Å². The molecule has 0 unspecified atom stereocenters. The molecule has 0 spiro atoms. The van der Waals surface area contributed by atoms with E-state index in [2.05, 4.69) is 6.07 Å². The number of methoxy groups -OCH3 is 1. The molecular weight excluding hydrogens is 207 g/mol. The molecule has 0 aliphatic carbocycles. The molecule has 2 nitrogen and oxygen atoms in total. The second kappa shape index (κ2) is 4.66. The lowest BCUT2D eigenvalue weighted by molar-refractivity contribution is 0.411. The van der Waals surface area contributed by atoms with Crippen LogP contribution in [0, 0.1) is 11.9 Å². The Kier molecular flexibility index (Phi) is 3.05. The zero-order chi connectivity index (χ0) is 11.4. The van der Waals surface area contributed by atoms with Gasteiger partial charge >= 0.3 is 0 Å². The lowest BCUT2D eigenvalue weighted by Crippen LogP contribution is -1.88. The van der Waals surface area contributed by atoms with Crippen LogP contribution in [0.5, 0.6) is 17.2 Å². The third-order valence-electron chi connectivity index (χ3n) is 2.06. The Morgan fingerprint density at radius 1 is 1.06 bits per heavy atom. The van der Waals surface area contributed by atoms with Crippen molar-refractivity contribution < 1.29 is 13.9 Å². The number of halogens is 1. The maximum Gasteiger partial charge on any atom is 0.165 e. The van der Waals surface area contributed by atoms with Crippen LogP contribution in [0.25, 0.3) is 0 Å². The third kappa shape index (κ3) is 2.31. The van der Waals surface area contributed by atoms with Crippen LogP contribution >= 0.6 is 0 Å². The second-order valence-electron chi connectivity index (χ2n) is 3.13. The van der Waals surface area contributed by atoms with Crippen LogP contribution in [0.1, 0.15) is 0 Å². The molecule has 0 bridgehead atoms. The van der Waals surface area contributed by atoms with Gasteiger partial charge in [-0.2, -0.15) is 0 Å². The van der Waals surface area contributed by atoms with Gasteiger partial charge in [0.15, 0.2) is 11.6 Å². The minimum atomic E-state index is -0.408. The number of benzene rings is 2. The number of hydrogen-bond acceptors (Lipinski definition) is 2. The van der Waals surface area contributed by atoms with E-state index in [-0.39, 0.29) is 5.75 Å². The first-order valence-corrected chi connectivity index (χ1v) is 4.77. The highest BCUT2D eigenvalue weighted by atomic mass is 19.1. The molecule has 1 radical (unpaired) electrons. The minimum Gasteiger partial charge on any atom is -0.497 e. The fourth-order valence-corrected chi connectivity index (χ4v) is 1.25. The molecule has 0 aliphatic heterocycles. The summed E-state index contributed by atoms with van der Waals surface area (Å²) in [6, 6.07) is 13.9. The Bertz CT molecular complexity index is 466. The van der Waals surface area contributed by atoms with Crippen LogP contribution in [0.3, 0.4) is 0 Å². The third-order valence-corrected chi connectivity index (χ3v) is 2.06. The Hall–Kier alpha value is -2.03. The Morgan fingerprint density at radius 3 is 2.38 bits per heavy atom. The number of rotatable bonds is 3. The predicted octanol–water partition coefficient (Wildman–Crippen LogP) is 3.43. The van der Waals surface area contributed by atoms with Gasteiger partial charge in [0, 0.05) is 0 Å². The molecule has 0 atom stereocenters. The highest BCUT2D eigenvalue weighted by Gasteiger charge is 2.03. The van der Waals surface area contributed by atoms with Crippen molar-refractivity contribution in [1.29, 1.82) is 0 Å². The molecule has 81 valence electrons. The van der Waals surface area contributed by atoms with Crippen molar-refractivity contribution >= 4 is 0 Å². The maximum absolute atomic E-state index is 13.3. The van der Waals surface area contributed by atoms with E-state index in [9.17, 15) is 4.39 Å². The molecular formula is C13H10FO2. The van der Waals surface area contributed by atoms with Gasteiger partial charge < -0.3 is 9.47 Å². The van der Waals surface area contributed by atoms with Gasteiger partial charge in [-0.15, -0.1) is 0 Å². The van der Waals surface area contributed by atoms with Gasteiger partial charge in [-0.3, -0.25) is 0 Å². The molecule has 2 aromatic carbocycles. The van der Waals surface area contributed by atoms with Gasteiger partial charge in [0.1, 0.15) is 11.5 Å². The van der Waals surface area contributed by atoms with Crippen LogP contribution in [-0.4, -0.2) is 7.11 Å². The highest BCUT2D eigenvalue weighted by Crippen LogP contribution is 2.25. The summed E-state index contributed by atoms with van der Waals surface area (Å²) in [6.07, 6.45) is 0. The molecule has 0 aromatic heterocycles. The maximum atomic E-state index is 13.3. The first-order chi connectivity index (χ1) is 7.79. The van der Waals surface area contributed by atoms with E-state index >= 15 is 0 Å². The predicted molar refractivity (Wildman–Crippen MR) is 58.3 cm³/mol. The molecule has 0 N–H and O–H groups in total. The normalized spacial score (nSPS) is 9.88.